The monoisotopic (exact) mass is 1160 g/mol. The predicted molar refractivity (Wildman–Crippen MR) is 349 cm³/mol. The van der Waals surface area contributed by atoms with Crippen LogP contribution in [0.5, 0.6) is 0 Å². The molecule has 0 aliphatic carbocycles. The third-order valence-corrected chi connectivity index (χ3v) is 16.4. The number of carbonyl (C=O) groups is 2. The van der Waals surface area contributed by atoms with Crippen molar-refractivity contribution in [1.29, 1.82) is 0 Å². The van der Waals surface area contributed by atoms with Gasteiger partial charge in [0.2, 0.25) is 0 Å². The Labute approximate surface area is 501 Å². The molecule has 0 heterocycles. The Balaban J connectivity index is 3.83. The number of nitrogens with two attached hydrogens (primary N) is 1. The van der Waals surface area contributed by atoms with Gasteiger partial charge >= 0.3 is 19.8 Å². The van der Waals surface area contributed by atoms with Gasteiger partial charge in [0.15, 0.2) is 6.10 Å². The van der Waals surface area contributed by atoms with Crippen molar-refractivity contribution in [3.63, 3.8) is 0 Å². The summed E-state index contributed by atoms with van der Waals surface area (Å²) in [6, 6.07) is 0. The summed E-state index contributed by atoms with van der Waals surface area (Å²) in [5.41, 5.74) is 5.40. The van der Waals surface area contributed by atoms with Crippen LogP contribution in [0.4, 0.5) is 0 Å². The summed E-state index contributed by atoms with van der Waals surface area (Å²) in [4.78, 5) is 35.3. The van der Waals surface area contributed by atoms with Crippen molar-refractivity contribution >= 4 is 19.8 Å². The number of allylic oxidation sites excluding steroid dienone is 10. The summed E-state index contributed by atoms with van der Waals surface area (Å²) >= 11 is 0. The molecule has 0 aromatic carbocycles. The first-order chi connectivity index (χ1) is 39.8. The van der Waals surface area contributed by atoms with E-state index in [0.29, 0.717) is 6.42 Å². The van der Waals surface area contributed by atoms with Crippen LogP contribution in [0.2, 0.25) is 0 Å². The molecule has 2 atom stereocenters. The van der Waals surface area contributed by atoms with Crippen LogP contribution in [-0.2, 0) is 32.7 Å². The second-order valence-corrected chi connectivity index (χ2v) is 24.8. The van der Waals surface area contributed by atoms with Crippen molar-refractivity contribution in [2.24, 2.45) is 5.73 Å². The molecule has 0 saturated heterocycles. The van der Waals surface area contributed by atoms with Crippen LogP contribution in [-0.4, -0.2) is 49.3 Å². The zero-order valence-corrected chi connectivity index (χ0v) is 54.2. The average molecular weight is 1160 g/mol. The summed E-state index contributed by atoms with van der Waals surface area (Å²) in [5, 5.41) is 0. The van der Waals surface area contributed by atoms with E-state index in [9.17, 15) is 19.0 Å². The maximum absolute atomic E-state index is 12.7. The molecule has 0 aromatic rings. The number of phosphoric acid groups is 1. The molecular formula is C71H132NO8P. The number of rotatable bonds is 66. The second kappa shape index (κ2) is 66.8. The van der Waals surface area contributed by atoms with E-state index in [0.717, 1.165) is 64.2 Å². The Morgan fingerprint density at radius 1 is 0.370 bits per heavy atom. The average Bonchev–Trinajstić information content (AvgIpc) is 3.46. The smallest absolute Gasteiger partial charge is 0.462 e. The van der Waals surface area contributed by atoms with E-state index in [4.69, 9.17) is 24.3 Å². The number of esters is 2. The third-order valence-electron chi connectivity index (χ3n) is 15.4. The predicted octanol–water partition coefficient (Wildman–Crippen LogP) is 22.6. The summed E-state index contributed by atoms with van der Waals surface area (Å²) in [7, 11) is -4.39. The SMILES string of the molecule is CCCCCCC/C=C\C/C=C\C/C=C\CCCCCCCCCCCCC(=O)OC(COC(=O)CCCCCCCCCCCCCCCCCCCCCCCCC/C=C\C/C=C\CCCCCCC)COP(=O)(O)OCCN. The highest BCUT2D eigenvalue weighted by atomic mass is 31.2. The molecule has 0 saturated carbocycles. The standard InChI is InChI=1S/C71H132NO8P/c1-3-5-7-9-11-13-15-17-19-21-23-25-27-29-30-31-32-33-34-35-36-37-38-40-41-43-45-47-49-51-53-55-57-59-61-63-70(73)77-67-69(68-79-81(75,76)78-66-65-72)80-71(74)64-62-60-58-56-54-52-50-48-46-44-42-39-28-26-24-22-20-18-16-14-12-10-8-6-4-2/h15-18,21-24,28,39,69H,3-14,19-20,25-27,29-38,40-68,72H2,1-2H3,(H,75,76)/b17-15-,18-16-,23-21-,24-22-,39-28-. The van der Waals surface area contributed by atoms with Crippen molar-refractivity contribution in [3.05, 3.63) is 60.8 Å². The van der Waals surface area contributed by atoms with Gasteiger partial charge in [-0.2, -0.15) is 0 Å². The van der Waals surface area contributed by atoms with Gasteiger partial charge < -0.3 is 20.1 Å². The fraction of sp³-hybridized carbons (Fsp3) is 0.831. The molecule has 2 unspecified atom stereocenters. The van der Waals surface area contributed by atoms with Crippen LogP contribution in [0.3, 0.4) is 0 Å². The number of unbranched alkanes of at least 4 members (excludes halogenated alkanes) is 43. The molecule has 0 aliphatic rings. The van der Waals surface area contributed by atoms with Crippen LogP contribution < -0.4 is 5.73 Å². The summed E-state index contributed by atoms with van der Waals surface area (Å²) in [5.74, 6) is -0.817. The van der Waals surface area contributed by atoms with Gasteiger partial charge in [-0.1, -0.05) is 312 Å². The zero-order valence-electron chi connectivity index (χ0n) is 53.3. The fourth-order valence-corrected chi connectivity index (χ4v) is 11.0. The molecule has 10 heteroatoms. The van der Waals surface area contributed by atoms with Gasteiger partial charge in [-0.15, -0.1) is 0 Å². The Kier molecular flexibility index (Phi) is 65.0. The lowest BCUT2D eigenvalue weighted by molar-refractivity contribution is -0.161. The molecule has 474 valence electrons. The molecule has 9 nitrogen and oxygen atoms in total. The number of carbonyl (C=O) groups excluding carboxylic acids is 2. The lowest BCUT2D eigenvalue weighted by Crippen LogP contribution is -2.29. The number of hydrogen-bond acceptors (Lipinski definition) is 8. The van der Waals surface area contributed by atoms with E-state index in [1.807, 2.05) is 0 Å². The van der Waals surface area contributed by atoms with Gasteiger partial charge in [0, 0.05) is 19.4 Å². The highest BCUT2D eigenvalue weighted by Gasteiger charge is 2.26. The van der Waals surface area contributed by atoms with Crippen LogP contribution in [0, 0.1) is 0 Å². The fourth-order valence-electron chi connectivity index (χ4n) is 10.2. The molecular weight excluding hydrogens is 1030 g/mol. The molecule has 81 heavy (non-hydrogen) atoms. The topological polar surface area (TPSA) is 134 Å². The van der Waals surface area contributed by atoms with Crippen molar-refractivity contribution in [1.82, 2.24) is 0 Å². The van der Waals surface area contributed by atoms with Gasteiger partial charge in [0.25, 0.3) is 0 Å². The van der Waals surface area contributed by atoms with Crippen LogP contribution in [0.25, 0.3) is 0 Å². The first-order valence-corrected chi connectivity index (χ1v) is 36.3. The van der Waals surface area contributed by atoms with E-state index >= 15 is 0 Å². The number of phosphoric ester groups is 1. The maximum Gasteiger partial charge on any atom is 0.472 e. The van der Waals surface area contributed by atoms with E-state index < -0.39 is 26.5 Å². The van der Waals surface area contributed by atoms with Crippen LogP contribution in [0.1, 0.15) is 348 Å². The van der Waals surface area contributed by atoms with Gasteiger partial charge in [-0.25, -0.2) is 4.57 Å². The van der Waals surface area contributed by atoms with E-state index in [1.165, 1.54) is 250 Å². The highest BCUT2D eigenvalue weighted by molar-refractivity contribution is 7.47. The highest BCUT2D eigenvalue weighted by Crippen LogP contribution is 2.43. The molecule has 3 N–H and O–H groups in total. The third kappa shape index (κ3) is 66.7. The molecule has 0 spiro atoms. The molecule has 0 aliphatic heterocycles. The Morgan fingerprint density at radius 2 is 0.642 bits per heavy atom. The van der Waals surface area contributed by atoms with Gasteiger partial charge in [0.1, 0.15) is 6.61 Å². The second-order valence-electron chi connectivity index (χ2n) is 23.4. The lowest BCUT2D eigenvalue weighted by atomic mass is 10.0. The quantitative estimate of drug-likeness (QED) is 0.0264. The molecule has 0 bridgehead atoms. The summed E-state index contributed by atoms with van der Waals surface area (Å²) < 4.78 is 33.2. The van der Waals surface area contributed by atoms with Gasteiger partial charge in [0.05, 0.1) is 13.2 Å². The minimum atomic E-state index is -4.39. The Morgan fingerprint density at radius 3 is 0.951 bits per heavy atom. The molecule has 0 amide bonds. The summed E-state index contributed by atoms with van der Waals surface area (Å²) in [6.45, 7) is 3.77. The zero-order chi connectivity index (χ0) is 58.7. The minimum absolute atomic E-state index is 0.0527. The summed E-state index contributed by atoms with van der Waals surface area (Å²) in [6.07, 6.45) is 86.0. The van der Waals surface area contributed by atoms with Crippen molar-refractivity contribution in [2.75, 3.05) is 26.4 Å². The largest absolute Gasteiger partial charge is 0.472 e. The molecule has 0 radical (unpaired) electrons. The maximum atomic E-state index is 12.7. The van der Waals surface area contributed by atoms with Crippen molar-refractivity contribution < 1.29 is 37.6 Å². The molecule has 0 rings (SSSR count). The van der Waals surface area contributed by atoms with Crippen LogP contribution >= 0.6 is 7.82 Å². The van der Waals surface area contributed by atoms with E-state index in [2.05, 4.69) is 74.6 Å². The molecule has 0 fully saturated rings. The van der Waals surface area contributed by atoms with Crippen molar-refractivity contribution in [3.8, 4) is 0 Å². The van der Waals surface area contributed by atoms with Gasteiger partial charge in [-0.05, 0) is 83.5 Å². The Hall–Kier alpha value is -2.29. The van der Waals surface area contributed by atoms with E-state index in [-0.39, 0.29) is 38.6 Å². The number of ether oxygens (including phenoxy) is 2. The van der Waals surface area contributed by atoms with Crippen molar-refractivity contribution in [2.45, 2.75) is 354 Å². The normalized spacial score (nSPS) is 13.3. The first kappa shape index (κ1) is 78.7. The van der Waals surface area contributed by atoms with Crippen LogP contribution in [0.15, 0.2) is 60.8 Å². The van der Waals surface area contributed by atoms with E-state index in [1.54, 1.807) is 0 Å². The van der Waals surface area contributed by atoms with Gasteiger partial charge in [-0.3, -0.25) is 18.6 Å². The Bertz CT molecular complexity index is 1510. The number of hydrogen-bond donors (Lipinski definition) is 2. The molecule has 0 aromatic heterocycles. The lowest BCUT2D eigenvalue weighted by Gasteiger charge is -2.19. The first-order valence-electron chi connectivity index (χ1n) is 34.8. The minimum Gasteiger partial charge on any atom is -0.462 e.